The first-order valence-corrected chi connectivity index (χ1v) is 18.1. The molecule has 0 atom stereocenters. The van der Waals surface area contributed by atoms with Gasteiger partial charge in [0.15, 0.2) is 5.75 Å². The van der Waals surface area contributed by atoms with Crippen LogP contribution in [-0.2, 0) is 24.8 Å². The van der Waals surface area contributed by atoms with Crippen LogP contribution in [0.5, 0.6) is 17.2 Å². The van der Waals surface area contributed by atoms with Gasteiger partial charge in [-0.3, -0.25) is 0 Å². The van der Waals surface area contributed by atoms with E-state index in [0.717, 1.165) is 16.7 Å². The molecule has 0 aliphatic carbocycles. The second kappa shape index (κ2) is 15.1. The molecule has 0 fully saturated rings. The van der Waals surface area contributed by atoms with E-state index in [2.05, 4.69) is 15.0 Å². The minimum absolute atomic E-state index is 0.0189. The number of nitrogens with zero attached hydrogens (tertiary/aromatic N) is 6. The quantitative estimate of drug-likeness (QED) is 0.126. The Hall–Kier alpha value is -5.33. The predicted octanol–water partition coefficient (Wildman–Crippen LogP) is 10.1. The van der Waals surface area contributed by atoms with E-state index >= 15 is 13.2 Å². The van der Waals surface area contributed by atoms with Crippen LogP contribution in [0.3, 0.4) is 0 Å². The molecule has 0 saturated carbocycles. The molecule has 0 spiro atoms. The summed E-state index contributed by atoms with van der Waals surface area (Å²) in [5, 5.41) is 0.767. The molecule has 14 heteroatoms. The molecular formula is C41H37Cl2F3N6O3. The van der Waals surface area contributed by atoms with Crippen molar-refractivity contribution in [1.29, 1.82) is 0 Å². The number of ether oxygens (including phenoxy) is 3. The first-order chi connectivity index (χ1) is 26.3. The fraction of sp³-hybridized carbons (Fsp3) is 0.268. The normalized spacial score (nSPS) is 13.0. The van der Waals surface area contributed by atoms with E-state index < -0.39 is 17.3 Å². The molecule has 0 unspecified atom stereocenters. The highest BCUT2D eigenvalue weighted by Gasteiger charge is 2.40. The number of rotatable bonds is 10. The fourth-order valence-corrected chi connectivity index (χ4v) is 7.67. The molecule has 1 aliphatic heterocycles. The summed E-state index contributed by atoms with van der Waals surface area (Å²) >= 11 is 13.7. The van der Waals surface area contributed by atoms with E-state index in [4.69, 9.17) is 42.4 Å². The van der Waals surface area contributed by atoms with Gasteiger partial charge in [-0.05, 0) is 79.9 Å². The van der Waals surface area contributed by atoms with Crippen molar-refractivity contribution in [2.24, 2.45) is 0 Å². The third-order valence-corrected chi connectivity index (χ3v) is 10.5. The molecule has 6 aromatic rings. The van der Waals surface area contributed by atoms with Crippen LogP contribution >= 0.6 is 23.2 Å². The highest BCUT2D eigenvalue weighted by molar-refractivity contribution is 6.36. The lowest BCUT2D eigenvalue weighted by Gasteiger charge is -2.39. The van der Waals surface area contributed by atoms with Gasteiger partial charge < -0.3 is 24.0 Å². The van der Waals surface area contributed by atoms with E-state index in [1.165, 1.54) is 25.4 Å². The number of hydrogen-bond donors (Lipinski definition) is 0. The van der Waals surface area contributed by atoms with Gasteiger partial charge in [0, 0.05) is 30.4 Å². The molecule has 3 aromatic heterocycles. The van der Waals surface area contributed by atoms with Crippen LogP contribution in [0, 0.1) is 6.92 Å². The average molecular weight is 790 g/mol. The second-order valence-corrected chi connectivity index (χ2v) is 14.4. The van der Waals surface area contributed by atoms with Gasteiger partial charge in [0.05, 0.1) is 53.5 Å². The first-order valence-electron chi connectivity index (χ1n) is 17.4. The van der Waals surface area contributed by atoms with Gasteiger partial charge in [0.1, 0.15) is 41.2 Å². The lowest BCUT2D eigenvalue weighted by molar-refractivity contribution is -0.137. The maximum absolute atomic E-state index is 15.1. The SMILES string of the molecule is COc1ccc(CN(Cc2ccc(OC)cc2)c2cc(C)c(C(F)(F)F)c(-c3cc4ncnc5c4c(c3Cl)OCCN5C(C)(C)c3cccnc3Cl)n2)cc1. The van der Waals surface area contributed by atoms with Gasteiger partial charge in [-0.2, -0.15) is 13.2 Å². The third kappa shape index (κ3) is 7.40. The summed E-state index contributed by atoms with van der Waals surface area (Å²) in [5.74, 6) is 2.36. The van der Waals surface area contributed by atoms with Gasteiger partial charge in [-0.25, -0.2) is 19.9 Å². The Kier molecular flexibility index (Phi) is 10.4. The zero-order valence-corrected chi connectivity index (χ0v) is 32.2. The monoisotopic (exact) mass is 788 g/mol. The van der Waals surface area contributed by atoms with Crippen molar-refractivity contribution in [3.8, 4) is 28.5 Å². The number of benzene rings is 3. The molecule has 7 rings (SSSR count). The maximum atomic E-state index is 15.1. The fourth-order valence-electron chi connectivity index (χ4n) is 7.03. The highest BCUT2D eigenvalue weighted by atomic mass is 35.5. The largest absolute Gasteiger partial charge is 0.497 e. The highest BCUT2D eigenvalue weighted by Crippen LogP contribution is 2.50. The molecular weight excluding hydrogens is 752 g/mol. The van der Waals surface area contributed by atoms with Gasteiger partial charge in [0.2, 0.25) is 0 Å². The van der Waals surface area contributed by atoms with Crippen molar-refractivity contribution in [1.82, 2.24) is 19.9 Å². The molecule has 55 heavy (non-hydrogen) atoms. The third-order valence-electron chi connectivity index (χ3n) is 9.84. The Morgan fingerprint density at radius 1 is 0.873 bits per heavy atom. The Labute approximate surface area is 326 Å². The average Bonchev–Trinajstić information content (AvgIpc) is 3.37. The molecule has 0 saturated heterocycles. The Balaban J connectivity index is 1.40. The number of hydrogen-bond acceptors (Lipinski definition) is 9. The first kappa shape index (κ1) is 38.0. The molecule has 0 radical (unpaired) electrons. The molecule has 284 valence electrons. The van der Waals surface area contributed by atoms with Crippen LogP contribution in [0.1, 0.15) is 41.7 Å². The smallest absolute Gasteiger partial charge is 0.418 e. The Morgan fingerprint density at radius 2 is 1.51 bits per heavy atom. The Bertz CT molecular complexity index is 2310. The number of aromatic nitrogens is 4. The van der Waals surface area contributed by atoms with Crippen molar-refractivity contribution in [3.63, 3.8) is 0 Å². The van der Waals surface area contributed by atoms with E-state index in [1.807, 2.05) is 78.2 Å². The zero-order valence-electron chi connectivity index (χ0n) is 30.7. The molecule has 9 nitrogen and oxygen atoms in total. The standard InChI is InChI=1S/C41H37Cl2F3N6O3/c1-24-19-32(51(21-25-8-12-27(53-4)13-9-25)22-26-10-14-28(54-5)15-11-26)50-36(34(24)41(44,45)46)29-20-31-33-37(35(29)42)55-18-17-52(39(33)49-23-48-31)40(2,3)30-7-6-16-47-38(30)43/h6-16,19-20,23H,17-18,21-22H2,1-5H3. The molecule has 1 aliphatic rings. The van der Waals surface area contributed by atoms with Crippen LogP contribution in [0.4, 0.5) is 24.8 Å². The molecule has 4 heterocycles. The van der Waals surface area contributed by atoms with Crippen molar-refractivity contribution in [3.05, 3.63) is 123 Å². The summed E-state index contributed by atoms with van der Waals surface area (Å²) in [5.41, 5.74) is 0.937. The number of alkyl halides is 3. The summed E-state index contributed by atoms with van der Waals surface area (Å²) < 4.78 is 62.3. The van der Waals surface area contributed by atoms with E-state index in [0.29, 0.717) is 58.8 Å². The van der Waals surface area contributed by atoms with E-state index in [1.54, 1.807) is 26.5 Å². The second-order valence-electron chi connectivity index (χ2n) is 13.6. The number of aryl methyl sites for hydroxylation is 1. The molecule has 0 N–H and O–H groups in total. The van der Waals surface area contributed by atoms with Crippen molar-refractivity contribution < 1.29 is 27.4 Å². The predicted molar refractivity (Wildman–Crippen MR) is 209 cm³/mol. The van der Waals surface area contributed by atoms with Crippen LogP contribution in [0.15, 0.2) is 85.3 Å². The van der Waals surface area contributed by atoms with E-state index in [-0.39, 0.29) is 34.2 Å². The summed E-state index contributed by atoms with van der Waals surface area (Å²) in [6.45, 7) is 6.57. The lowest BCUT2D eigenvalue weighted by Crippen LogP contribution is -2.44. The number of anilines is 2. The van der Waals surface area contributed by atoms with Crippen LogP contribution in [0.2, 0.25) is 10.2 Å². The van der Waals surface area contributed by atoms with Crippen LogP contribution < -0.4 is 24.0 Å². The molecule has 0 amide bonds. The zero-order chi connectivity index (χ0) is 39.1. The van der Waals surface area contributed by atoms with Gasteiger partial charge >= 0.3 is 6.18 Å². The van der Waals surface area contributed by atoms with Gasteiger partial charge in [0.25, 0.3) is 0 Å². The minimum atomic E-state index is -4.77. The molecule has 3 aromatic carbocycles. The van der Waals surface area contributed by atoms with Crippen LogP contribution in [-0.4, -0.2) is 47.3 Å². The number of halogens is 5. The Morgan fingerprint density at radius 3 is 2.09 bits per heavy atom. The molecule has 0 bridgehead atoms. The van der Waals surface area contributed by atoms with Gasteiger partial charge in [-0.1, -0.05) is 53.5 Å². The number of pyridine rings is 2. The topological polar surface area (TPSA) is 85.7 Å². The minimum Gasteiger partial charge on any atom is -0.497 e. The lowest BCUT2D eigenvalue weighted by atomic mass is 9.93. The van der Waals surface area contributed by atoms with Crippen LogP contribution in [0.25, 0.3) is 22.2 Å². The summed E-state index contributed by atoms with van der Waals surface area (Å²) in [6, 6.07) is 21.7. The number of methoxy groups -OCH3 is 2. The summed E-state index contributed by atoms with van der Waals surface area (Å²) in [4.78, 5) is 22.2. The summed E-state index contributed by atoms with van der Waals surface area (Å²) in [6.07, 6.45) is -1.77. The maximum Gasteiger partial charge on any atom is 0.418 e. The summed E-state index contributed by atoms with van der Waals surface area (Å²) in [7, 11) is 3.17. The van der Waals surface area contributed by atoms with E-state index in [9.17, 15) is 0 Å². The van der Waals surface area contributed by atoms with Crippen molar-refractivity contribution >= 4 is 45.7 Å². The van der Waals surface area contributed by atoms with Gasteiger partial charge in [-0.15, -0.1) is 0 Å². The van der Waals surface area contributed by atoms with Crippen molar-refractivity contribution in [2.45, 2.75) is 45.6 Å². The van der Waals surface area contributed by atoms with Crippen molar-refractivity contribution in [2.75, 3.05) is 37.2 Å².